The van der Waals surface area contributed by atoms with Crippen LogP contribution in [0.1, 0.15) is 55.5 Å². The Labute approximate surface area is 230 Å². The lowest BCUT2D eigenvalue weighted by atomic mass is 9.96. The van der Waals surface area contributed by atoms with E-state index >= 15 is 0 Å². The van der Waals surface area contributed by atoms with E-state index in [2.05, 4.69) is 20.2 Å². The van der Waals surface area contributed by atoms with Gasteiger partial charge < -0.3 is 20.3 Å². The van der Waals surface area contributed by atoms with Crippen molar-refractivity contribution in [3.05, 3.63) is 46.7 Å². The van der Waals surface area contributed by atoms with E-state index in [0.717, 1.165) is 12.8 Å². The lowest BCUT2D eigenvalue weighted by Gasteiger charge is -2.40. The number of aromatic nitrogens is 2. The maximum absolute atomic E-state index is 13.1. The lowest BCUT2D eigenvalue weighted by molar-refractivity contribution is -0.138. The Morgan fingerprint density at radius 3 is 2.23 bits per heavy atom. The Bertz CT molecular complexity index is 1240. The SMILES string of the molecule is CC(C)(Oc1ncc(C(F)(F)F)cc1Cl)C(=O)NC1C[C@H]2CC[C@@H](C1)N2c1ccc(C(=O)NCC(F)(F)F)cn1. The van der Waals surface area contributed by atoms with Gasteiger partial charge in [-0.2, -0.15) is 26.3 Å². The second-order valence-electron chi connectivity index (χ2n) is 10.3. The molecule has 8 nitrogen and oxygen atoms in total. The van der Waals surface area contributed by atoms with Crippen molar-refractivity contribution in [1.29, 1.82) is 0 Å². The number of halogens is 7. The van der Waals surface area contributed by atoms with Gasteiger partial charge in [0.1, 0.15) is 17.4 Å². The third kappa shape index (κ3) is 6.88. The molecule has 15 heteroatoms. The minimum Gasteiger partial charge on any atom is -0.460 e. The topological polar surface area (TPSA) is 96.5 Å². The standard InChI is InChI=1S/C25H26ClF6N5O3/c1-23(2,40-21-18(26)7-14(11-34-21)25(30,31)32)22(39)36-15-8-16-4-5-17(9-15)37(16)19-6-3-13(10-33-19)20(38)35-12-24(27,28)29/h3,6-7,10-11,15-17H,4-5,8-9,12H2,1-2H3,(H,35,38)(H,36,39)/t15?,16-,17+. The fraction of sp³-hybridized carbons (Fsp3) is 0.520. The average molecular weight is 594 g/mol. The first-order chi connectivity index (χ1) is 18.5. The number of anilines is 1. The molecule has 4 rings (SSSR count). The van der Waals surface area contributed by atoms with Crippen LogP contribution in [0.2, 0.25) is 5.02 Å². The Kier molecular flexibility index (Phi) is 8.12. The minimum atomic E-state index is -4.63. The number of fused-ring (bicyclic) bond motifs is 2. The number of carbonyl (C=O) groups excluding carboxylic acids is 2. The number of pyridine rings is 2. The highest BCUT2D eigenvalue weighted by atomic mass is 35.5. The summed E-state index contributed by atoms with van der Waals surface area (Å²) in [7, 11) is 0. The van der Waals surface area contributed by atoms with E-state index < -0.39 is 41.9 Å². The van der Waals surface area contributed by atoms with Gasteiger partial charge in [-0.3, -0.25) is 9.59 Å². The highest BCUT2D eigenvalue weighted by Crippen LogP contribution is 2.39. The van der Waals surface area contributed by atoms with Crippen molar-refractivity contribution in [2.24, 2.45) is 0 Å². The summed E-state index contributed by atoms with van der Waals surface area (Å²) in [5.74, 6) is -1.09. The minimum absolute atomic E-state index is 0.00682. The summed E-state index contributed by atoms with van der Waals surface area (Å²) >= 11 is 5.92. The van der Waals surface area contributed by atoms with Crippen LogP contribution in [0.15, 0.2) is 30.6 Å². The number of piperidine rings is 1. The quantitative estimate of drug-likeness (QED) is 0.443. The van der Waals surface area contributed by atoms with Crippen molar-refractivity contribution in [2.45, 2.75) is 75.6 Å². The Morgan fingerprint density at radius 1 is 1.05 bits per heavy atom. The largest absolute Gasteiger partial charge is 0.460 e. The molecule has 218 valence electrons. The van der Waals surface area contributed by atoms with Crippen LogP contribution in [0.25, 0.3) is 0 Å². The molecule has 40 heavy (non-hydrogen) atoms. The fourth-order valence-electron chi connectivity index (χ4n) is 4.93. The summed E-state index contributed by atoms with van der Waals surface area (Å²) in [6, 6.07) is 3.52. The first-order valence-electron chi connectivity index (χ1n) is 12.4. The van der Waals surface area contributed by atoms with Crippen LogP contribution in [-0.4, -0.2) is 58.2 Å². The lowest BCUT2D eigenvalue weighted by Crippen LogP contribution is -2.55. The van der Waals surface area contributed by atoms with Crippen LogP contribution in [0.5, 0.6) is 5.88 Å². The summed E-state index contributed by atoms with van der Waals surface area (Å²) in [6.45, 7) is 1.48. The number of rotatable bonds is 7. The van der Waals surface area contributed by atoms with Crippen LogP contribution in [0, 0.1) is 0 Å². The molecular weight excluding hydrogens is 568 g/mol. The van der Waals surface area contributed by atoms with Crippen molar-refractivity contribution < 1.29 is 40.7 Å². The van der Waals surface area contributed by atoms with Gasteiger partial charge in [-0.05, 0) is 57.7 Å². The summed E-state index contributed by atoms with van der Waals surface area (Å²) < 4.78 is 81.3. The maximum Gasteiger partial charge on any atom is 0.417 e. The zero-order chi connectivity index (χ0) is 29.5. The molecule has 2 aromatic rings. The summed E-state index contributed by atoms with van der Waals surface area (Å²) in [4.78, 5) is 35.0. The molecule has 2 aliphatic heterocycles. The van der Waals surface area contributed by atoms with Crippen LogP contribution in [-0.2, 0) is 11.0 Å². The van der Waals surface area contributed by atoms with Gasteiger partial charge in [0.05, 0.1) is 11.1 Å². The molecule has 0 aromatic carbocycles. The molecular formula is C25H26ClF6N5O3. The molecule has 2 saturated heterocycles. The molecule has 2 bridgehead atoms. The van der Waals surface area contributed by atoms with Crippen molar-refractivity contribution >= 4 is 29.2 Å². The summed E-state index contributed by atoms with van der Waals surface area (Å²) in [5, 5.41) is 4.38. The zero-order valence-corrected chi connectivity index (χ0v) is 22.1. The third-order valence-corrected chi connectivity index (χ3v) is 7.10. The second-order valence-corrected chi connectivity index (χ2v) is 10.7. The van der Waals surface area contributed by atoms with Crippen molar-refractivity contribution in [3.63, 3.8) is 0 Å². The molecule has 2 amide bonds. The van der Waals surface area contributed by atoms with Crippen LogP contribution < -0.4 is 20.3 Å². The molecule has 0 saturated carbocycles. The number of alkyl halides is 6. The van der Waals surface area contributed by atoms with Gasteiger partial charge in [0.2, 0.25) is 5.88 Å². The number of nitrogens with zero attached hydrogens (tertiary/aromatic N) is 3. The van der Waals surface area contributed by atoms with Gasteiger partial charge >= 0.3 is 12.4 Å². The van der Waals surface area contributed by atoms with E-state index in [0.29, 0.717) is 30.9 Å². The van der Waals surface area contributed by atoms with Gasteiger partial charge in [0.25, 0.3) is 11.8 Å². The number of ether oxygens (including phenoxy) is 1. The van der Waals surface area contributed by atoms with Gasteiger partial charge in [0.15, 0.2) is 5.60 Å². The maximum atomic E-state index is 13.1. The monoisotopic (exact) mass is 593 g/mol. The molecule has 0 spiro atoms. The smallest absolute Gasteiger partial charge is 0.417 e. The molecule has 4 heterocycles. The van der Waals surface area contributed by atoms with E-state index in [9.17, 15) is 35.9 Å². The number of nitrogens with one attached hydrogen (secondary N) is 2. The predicted octanol–water partition coefficient (Wildman–Crippen LogP) is 4.91. The first kappa shape index (κ1) is 29.7. The number of hydrogen-bond acceptors (Lipinski definition) is 6. The summed E-state index contributed by atoms with van der Waals surface area (Å²) in [5.41, 5.74) is -2.52. The van der Waals surface area contributed by atoms with Crippen LogP contribution in [0.4, 0.5) is 32.2 Å². The van der Waals surface area contributed by atoms with E-state index in [1.54, 1.807) is 11.4 Å². The molecule has 1 unspecified atom stereocenters. The normalized spacial score (nSPS) is 21.2. The van der Waals surface area contributed by atoms with E-state index in [4.69, 9.17) is 16.3 Å². The molecule has 0 radical (unpaired) electrons. The second kappa shape index (κ2) is 10.9. The Balaban J connectivity index is 1.35. The highest BCUT2D eigenvalue weighted by Gasteiger charge is 2.43. The molecule has 3 atom stereocenters. The predicted molar refractivity (Wildman–Crippen MR) is 132 cm³/mol. The number of amides is 2. The Hall–Kier alpha value is -3.29. The Morgan fingerprint density at radius 2 is 1.70 bits per heavy atom. The van der Waals surface area contributed by atoms with E-state index in [-0.39, 0.29) is 34.6 Å². The van der Waals surface area contributed by atoms with Crippen molar-refractivity contribution in [2.75, 3.05) is 11.4 Å². The third-order valence-electron chi connectivity index (χ3n) is 6.83. The molecule has 0 aliphatic carbocycles. The van der Waals surface area contributed by atoms with Gasteiger partial charge in [0, 0.05) is 30.5 Å². The van der Waals surface area contributed by atoms with Gasteiger partial charge in [-0.15, -0.1) is 0 Å². The number of carbonyl (C=O) groups is 2. The molecule has 2 aliphatic rings. The molecule has 2 fully saturated rings. The van der Waals surface area contributed by atoms with Gasteiger partial charge in [-0.25, -0.2) is 9.97 Å². The average Bonchev–Trinajstić information content (AvgIpc) is 3.12. The fourth-order valence-corrected chi connectivity index (χ4v) is 5.13. The van der Waals surface area contributed by atoms with Crippen LogP contribution >= 0.6 is 11.6 Å². The first-order valence-corrected chi connectivity index (χ1v) is 12.7. The number of hydrogen-bond donors (Lipinski definition) is 2. The molecule has 2 aromatic heterocycles. The van der Waals surface area contributed by atoms with Crippen molar-refractivity contribution in [1.82, 2.24) is 20.6 Å². The van der Waals surface area contributed by atoms with E-state index in [1.807, 2.05) is 0 Å². The molecule has 2 N–H and O–H groups in total. The van der Waals surface area contributed by atoms with Crippen molar-refractivity contribution in [3.8, 4) is 5.88 Å². The zero-order valence-electron chi connectivity index (χ0n) is 21.4. The highest BCUT2D eigenvalue weighted by molar-refractivity contribution is 6.31. The van der Waals surface area contributed by atoms with Gasteiger partial charge in [-0.1, -0.05) is 11.6 Å². The summed E-state index contributed by atoms with van der Waals surface area (Å²) in [6.07, 6.45) is -4.52. The van der Waals surface area contributed by atoms with E-state index in [1.165, 1.54) is 26.1 Å². The van der Waals surface area contributed by atoms with Crippen LogP contribution in [0.3, 0.4) is 0 Å².